The molecule has 280 valence electrons. The molecule has 54 heavy (non-hydrogen) atoms. The molecule has 5 aromatic rings. The van der Waals surface area contributed by atoms with Crippen molar-refractivity contribution in [2.75, 3.05) is 67.1 Å². The van der Waals surface area contributed by atoms with E-state index in [2.05, 4.69) is 92.4 Å². The number of nitrogens with one attached hydrogen (secondary N) is 2. The molecule has 2 N–H and O–H groups in total. The van der Waals surface area contributed by atoms with Crippen molar-refractivity contribution in [3.05, 3.63) is 78.1 Å². The van der Waals surface area contributed by atoms with Gasteiger partial charge in [0.05, 0.1) is 11.1 Å². The van der Waals surface area contributed by atoms with Gasteiger partial charge in [-0.25, -0.2) is 14.8 Å². The number of hydrogen-bond acceptors (Lipinski definition) is 7. The number of aromatic amines is 1. The number of nitrogens with zero attached hydrogens (tertiary/aromatic N) is 6. The van der Waals surface area contributed by atoms with Crippen LogP contribution in [0.3, 0.4) is 0 Å². The zero-order chi connectivity index (χ0) is 36.8. The summed E-state index contributed by atoms with van der Waals surface area (Å²) in [6, 6.07) is 21.5. The van der Waals surface area contributed by atoms with E-state index in [0.29, 0.717) is 18.4 Å². The maximum atomic E-state index is 12.2. The third-order valence-corrected chi connectivity index (χ3v) is 13.2. The number of amides is 3. The number of aryl methyl sites for hydroxylation is 2. The molecule has 0 saturated carbocycles. The summed E-state index contributed by atoms with van der Waals surface area (Å²) in [5.41, 5.74) is 10.7. The van der Waals surface area contributed by atoms with Gasteiger partial charge < -0.3 is 19.7 Å². The minimum atomic E-state index is -0.330. The fourth-order valence-electron chi connectivity index (χ4n) is 9.71. The Kier molecular flexibility index (Phi) is 9.25. The fourth-order valence-corrected chi connectivity index (χ4v) is 9.71. The summed E-state index contributed by atoms with van der Waals surface area (Å²) >= 11 is 0. The fraction of sp³-hybridized carbons (Fsp3) is 0.455. The zero-order valence-electron chi connectivity index (χ0n) is 31.7. The lowest BCUT2D eigenvalue weighted by Crippen LogP contribution is -2.49. The molecule has 3 aromatic carbocycles. The first kappa shape index (κ1) is 34.8. The highest BCUT2D eigenvalue weighted by Gasteiger charge is 2.38. The molecule has 0 atom stereocenters. The van der Waals surface area contributed by atoms with Gasteiger partial charge in [-0.05, 0) is 130 Å². The number of urea groups is 1. The van der Waals surface area contributed by atoms with Crippen molar-refractivity contribution in [3.8, 4) is 11.3 Å². The van der Waals surface area contributed by atoms with Crippen LogP contribution in [0, 0.1) is 18.3 Å². The maximum Gasteiger partial charge on any atom is 0.328 e. The van der Waals surface area contributed by atoms with Crippen LogP contribution >= 0.6 is 0 Å². The summed E-state index contributed by atoms with van der Waals surface area (Å²) in [5.74, 6) is 0.547. The van der Waals surface area contributed by atoms with Crippen LogP contribution in [-0.4, -0.2) is 84.1 Å². The predicted octanol–water partition coefficient (Wildman–Crippen LogP) is 7.69. The Morgan fingerprint density at radius 2 is 1.48 bits per heavy atom. The molecule has 0 unspecified atom stereocenters. The minimum absolute atomic E-state index is 0.202. The van der Waals surface area contributed by atoms with Crippen molar-refractivity contribution in [2.24, 2.45) is 11.3 Å². The lowest BCUT2D eigenvalue weighted by Gasteiger charge is -2.48. The number of piperidine rings is 3. The van der Waals surface area contributed by atoms with E-state index >= 15 is 0 Å². The quantitative estimate of drug-likeness (QED) is 0.178. The van der Waals surface area contributed by atoms with Crippen molar-refractivity contribution in [1.82, 2.24) is 25.2 Å². The van der Waals surface area contributed by atoms with E-state index in [9.17, 15) is 9.59 Å². The van der Waals surface area contributed by atoms with E-state index in [0.717, 1.165) is 72.0 Å². The van der Waals surface area contributed by atoms with Crippen LogP contribution < -0.4 is 20.0 Å². The molecular formula is C44H52N8O2. The molecule has 10 nitrogen and oxygen atoms in total. The summed E-state index contributed by atoms with van der Waals surface area (Å²) < 4.78 is 0. The van der Waals surface area contributed by atoms with Crippen LogP contribution in [0.25, 0.3) is 33.2 Å². The number of likely N-dealkylation sites (tertiary alicyclic amines) is 1. The number of rotatable bonds is 7. The smallest absolute Gasteiger partial charge is 0.328 e. The topological polar surface area (TPSA) is 101 Å². The van der Waals surface area contributed by atoms with Gasteiger partial charge in [0.2, 0.25) is 5.91 Å². The van der Waals surface area contributed by atoms with Gasteiger partial charge >= 0.3 is 6.03 Å². The van der Waals surface area contributed by atoms with E-state index in [4.69, 9.17) is 4.98 Å². The van der Waals surface area contributed by atoms with Crippen molar-refractivity contribution >= 4 is 50.9 Å². The highest BCUT2D eigenvalue weighted by Crippen LogP contribution is 2.43. The molecule has 10 heteroatoms. The SMILES string of the molecule is CCc1ccc(-c2ncnc3[nH]c4cc(N5CCC6(CCN(CC7CCN(c8ccc(N9CCC(=O)NC9=O)cc8)CC7)CC6)CC5)ccc4c23)cc1C. The summed E-state index contributed by atoms with van der Waals surface area (Å²) in [6.45, 7) is 12.9. The molecule has 4 fully saturated rings. The molecular weight excluding hydrogens is 673 g/mol. The number of H-pyrrole nitrogens is 1. The normalized spacial score (nSPS) is 20.0. The number of carbonyl (C=O) groups excluding carboxylic acids is 2. The summed E-state index contributed by atoms with van der Waals surface area (Å²) in [6.07, 6.45) is 10.7. The maximum absolute atomic E-state index is 12.2. The first-order valence-corrected chi connectivity index (χ1v) is 20.1. The number of fused-ring (bicyclic) bond motifs is 3. The lowest BCUT2D eigenvalue weighted by molar-refractivity contribution is -0.120. The van der Waals surface area contributed by atoms with Gasteiger partial charge in [-0.1, -0.05) is 25.1 Å². The second-order valence-electron chi connectivity index (χ2n) is 16.3. The van der Waals surface area contributed by atoms with Gasteiger partial charge in [-0.2, -0.15) is 0 Å². The number of anilines is 3. The van der Waals surface area contributed by atoms with E-state index < -0.39 is 0 Å². The molecule has 3 amide bonds. The Bertz CT molecular complexity index is 2170. The Hall–Kier alpha value is -4.96. The van der Waals surface area contributed by atoms with E-state index in [-0.39, 0.29) is 11.9 Å². The molecule has 0 bridgehead atoms. The van der Waals surface area contributed by atoms with Crippen LogP contribution in [0.2, 0.25) is 0 Å². The van der Waals surface area contributed by atoms with Crippen LogP contribution in [0.5, 0.6) is 0 Å². The van der Waals surface area contributed by atoms with Gasteiger partial charge in [0.1, 0.15) is 12.0 Å². The number of benzene rings is 3. The molecule has 6 heterocycles. The molecule has 4 saturated heterocycles. The molecule has 4 aliphatic rings. The lowest BCUT2D eigenvalue weighted by atomic mass is 9.71. The van der Waals surface area contributed by atoms with E-state index in [1.54, 1.807) is 11.2 Å². The van der Waals surface area contributed by atoms with Crippen molar-refractivity contribution in [2.45, 2.75) is 65.2 Å². The van der Waals surface area contributed by atoms with E-state index in [1.807, 2.05) is 12.1 Å². The molecule has 2 aromatic heterocycles. The third-order valence-electron chi connectivity index (χ3n) is 13.2. The Balaban J connectivity index is 0.767. The van der Waals surface area contributed by atoms with Crippen LogP contribution in [0.15, 0.2) is 67.0 Å². The highest BCUT2D eigenvalue weighted by atomic mass is 16.2. The first-order valence-electron chi connectivity index (χ1n) is 20.1. The second kappa shape index (κ2) is 14.4. The molecule has 0 radical (unpaired) electrons. The summed E-state index contributed by atoms with van der Waals surface area (Å²) in [7, 11) is 0. The van der Waals surface area contributed by atoms with Crippen molar-refractivity contribution in [1.29, 1.82) is 0 Å². The number of imide groups is 1. The number of hydrogen-bond donors (Lipinski definition) is 2. The number of carbonyl (C=O) groups is 2. The average Bonchev–Trinajstić information content (AvgIpc) is 3.58. The first-order chi connectivity index (χ1) is 26.3. The minimum Gasteiger partial charge on any atom is -0.372 e. The van der Waals surface area contributed by atoms with Gasteiger partial charge in [-0.15, -0.1) is 0 Å². The van der Waals surface area contributed by atoms with Gasteiger partial charge in [0.15, 0.2) is 0 Å². The average molecular weight is 725 g/mol. The van der Waals surface area contributed by atoms with Crippen molar-refractivity contribution in [3.63, 3.8) is 0 Å². The van der Waals surface area contributed by atoms with Gasteiger partial charge in [0, 0.05) is 79.2 Å². The Morgan fingerprint density at radius 3 is 2.20 bits per heavy atom. The molecule has 4 aliphatic heterocycles. The van der Waals surface area contributed by atoms with Crippen LogP contribution in [0.1, 0.15) is 63.0 Å². The number of aromatic nitrogens is 3. The summed E-state index contributed by atoms with van der Waals surface area (Å²) in [5, 5.41) is 4.71. The van der Waals surface area contributed by atoms with Crippen molar-refractivity contribution < 1.29 is 9.59 Å². The van der Waals surface area contributed by atoms with Crippen LogP contribution in [-0.2, 0) is 11.2 Å². The van der Waals surface area contributed by atoms with Gasteiger partial charge in [0.25, 0.3) is 0 Å². The molecule has 0 aliphatic carbocycles. The Labute approximate surface area is 317 Å². The standard InChI is InChI=1S/C44H52N8O2/c1-3-32-4-5-33(26-30(32)2)41-40-37-11-10-36(27-38(37)47-42(40)46-29-45-41)51-24-17-44(18-25-51)15-22-49(23-16-44)28-31-12-19-50(20-13-31)34-6-8-35(9-7-34)52-21-14-39(53)48-43(52)54/h4-11,26-27,29,31H,3,12-25,28H2,1-2H3,(H,45,46,47)(H,48,53,54). The van der Waals surface area contributed by atoms with Gasteiger partial charge in [-0.3, -0.25) is 15.0 Å². The highest BCUT2D eigenvalue weighted by molar-refractivity contribution is 6.12. The summed E-state index contributed by atoms with van der Waals surface area (Å²) in [4.78, 5) is 46.2. The monoisotopic (exact) mass is 724 g/mol. The largest absolute Gasteiger partial charge is 0.372 e. The molecule has 9 rings (SSSR count). The van der Waals surface area contributed by atoms with E-state index in [1.165, 1.54) is 86.0 Å². The third kappa shape index (κ3) is 6.69. The second-order valence-corrected chi connectivity index (χ2v) is 16.3. The van der Waals surface area contributed by atoms with Crippen LogP contribution in [0.4, 0.5) is 21.9 Å². The molecule has 1 spiro atoms. The zero-order valence-corrected chi connectivity index (χ0v) is 31.7. The Morgan fingerprint density at radius 1 is 0.778 bits per heavy atom. The predicted molar refractivity (Wildman–Crippen MR) is 217 cm³/mol.